The normalized spacial score (nSPS) is 11.1. The molecule has 3 aromatic rings. The van der Waals surface area contributed by atoms with E-state index in [0.717, 1.165) is 28.4 Å². The smallest absolute Gasteiger partial charge is 0.269 e. The standard InChI is InChI=1S/C19H23N5OS/c1-13(2)10-16-11-17(24(3)23-16)18(25)21-9-6-15-12-26-19(22-15)14-4-7-20-8-5-14/h4-5,7-8,11-13H,6,9-10H2,1-3H3,(H,21,25). The zero-order valence-electron chi connectivity index (χ0n) is 15.3. The Kier molecular flexibility index (Phi) is 5.78. The number of nitrogens with one attached hydrogen (secondary N) is 1. The molecule has 0 aliphatic rings. The lowest BCUT2D eigenvalue weighted by Gasteiger charge is -2.03. The third-order valence-electron chi connectivity index (χ3n) is 3.93. The first-order valence-corrected chi connectivity index (χ1v) is 9.57. The number of nitrogens with zero attached hydrogens (tertiary/aromatic N) is 4. The molecule has 0 aliphatic carbocycles. The minimum absolute atomic E-state index is 0.0976. The van der Waals surface area contributed by atoms with E-state index in [1.54, 1.807) is 35.5 Å². The van der Waals surface area contributed by atoms with Crippen LogP contribution in [-0.4, -0.2) is 32.2 Å². The summed E-state index contributed by atoms with van der Waals surface area (Å²) in [5, 5.41) is 10.4. The second-order valence-electron chi connectivity index (χ2n) is 6.63. The molecule has 3 aromatic heterocycles. The van der Waals surface area contributed by atoms with Crippen LogP contribution in [0.2, 0.25) is 0 Å². The van der Waals surface area contributed by atoms with Crippen molar-refractivity contribution in [2.24, 2.45) is 13.0 Å². The van der Waals surface area contributed by atoms with Gasteiger partial charge in [0.25, 0.3) is 5.91 Å². The molecule has 0 saturated heterocycles. The average Bonchev–Trinajstić information content (AvgIpc) is 3.22. The topological polar surface area (TPSA) is 72.7 Å². The van der Waals surface area contributed by atoms with E-state index in [1.807, 2.05) is 23.6 Å². The summed E-state index contributed by atoms with van der Waals surface area (Å²) in [6, 6.07) is 5.77. The van der Waals surface area contributed by atoms with Crippen molar-refractivity contribution in [3.8, 4) is 10.6 Å². The predicted molar refractivity (Wildman–Crippen MR) is 103 cm³/mol. The van der Waals surface area contributed by atoms with Crippen LogP contribution in [0.25, 0.3) is 10.6 Å². The quantitative estimate of drug-likeness (QED) is 0.694. The monoisotopic (exact) mass is 369 g/mol. The fraction of sp³-hybridized carbons (Fsp3) is 0.368. The average molecular weight is 369 g/mol. The van der Waals surface area contributed by atoms with E-state index < -0.39 is 0 Å². The van der Waals surface area contributed by atoms with Crippen LogP contribution in [0.15, 0.2) is 36.0 Å². The van der Waals surface area contributed by atoms with Gasteiger partial charge in [0.05, 0.1) is 11.4 Å². The lowest BCUT2D eigenvalue weighted by Crippen LogP contribution is -2.27. The molecular formula is C19H23N5OS. The van der Waals surface area contributed by atoms with Crippen molar-refractivity contribution < 1.29 is 4.79 Å². The molecule has 0 aromatic carbocycles. The number of aromatic nitrogens is 4. The first-order chi connectivity index (χ1) is 12.5. The molecule has 0 fully saturated rings. The fourth-order valence-corrected chi connectivity index (χ4v) is 3.56. The number of aryl methyl sites for hydroxylation is 1. The number of pyridine rings is 1. The summed E-state index contributed by atoms with van der Waals surface area (Å²) in [5.74, 6) is 0.416. The van der Waals surface area contributed by atoms with Crippen LogP contribution in [0.1, 0.15) is 35.7 Å². The lowest BCUT2D eigenvalue weighted by molar-refractivity contribution is 0.0944. The first kappa shape index (κ1) is 18.3. The molecule has 26 heavy (non-hydrogen) atoms. The summed E-state index contributed by atoms with van der Waals surface area (Å²) < 4.78 is 1.65. The Hall–Kier alpha value is -2.54. The van der Waals surface area contributed by atoms with E-state index in [-0.39, 0.29) is 5.91 Å². The molecular weight excluding hydrogens is 346 g/mol. The molecule has 0 atom stereocenters. The van der Waals surface area contributed by atoms with Gasteiger partial charge < -0.3 is 5.32 Å². The van der Waals surface area contributed by atoms with Crippen molar-refractivity contribution in [1.29, 1.82) is 0 Å². The Balaban J connectivity index is 1.54. The Morgan fingerprint density at radius 3 is 2.77 bits per heavy atom. The lowest BCUT2D eigenvalue weighted by atomic mass is 10.1. The molecule has 0 saturated carbocycles. The van der Waals surface area contributed by atoms with Gasteiger partial charge in [-0.15, -0.1) is 11.3 Å². The van der Waals surface area contributed by atoms with Gasteiger partial charge in [-0.05, 0) is 30.5 Å². The largest absolute Gasteiger partial charge is 0.350 e. The maximum absolute atomic E-state index is 12.4. The van der Waals surface area contributed by atoms with Gasteiger partial charge in [-0.3, -0.25) is 14.5 Å². The van der Waals surface area contributed by atoms with Crippen LogP contribution in [-0.2, 0) is 19.9 Å². The van der Waals surface area contributed by atoms with Crippen molar-refractivity contribution in [2.75, 3.05) is 6.54 Å². The number of thiazole rings is 1. The second-order valence-corrected chi connectivity index (χ2v) is 7.49. The zero-order chi connectivity index (χ0) is 18.5. The first-order valence-electron chi connectivity index (χ1n) is 8.69. The van der Waals surface area contributed by atoms with Gasteiger partial charge in [-0.25, -0.2) is 4.98 Å². The van der Waals surface area contributed by atoms with Gasteiger partial charge in [0.1, 0.15) is 10.7 Å². The van der Waals surface area contributed by atoms with Gasteiger partial charge in [0, 0.05) is 43.4 Å². The van der Waals surface area contributed by atoms with Crippen LogP contribution < -0.4 is 5.32 Å². The summed E-state index contributed by atoms with van der Waals surface area (Å²) in [5.41, 5.74) is 3.59. The van der Waals surface area contributed by atoms with E-state index in [0.29, 0.717) is 24.6 Å². The van der Waals surface area contributed by atoms with Crippen molar-refractivity contribution in [3.05, 3.63) is 53.1 Å². The van der Waals surface area contributed by atoms with Gasteiger partial charge in [-0.1, -0.05) is 13.8 Å². The summed E-state index contributed by atoms with van der Waals surface area (Å²) >= 11 is 1.60. The van der Waals surface area contributed by atoms with Crippen molar-refractivity contribution >= 4 is 17.2 Å². The van der Waals surface area contributed by atoms with Gasteiger partial charge in [-0.2, -0.15) is 5.10 Å². The second kappa shape index (κ2) is 8.23. The summed E-state index contributed by atoms with van der Waals surface area (Å²) in [6.07, 6.45) is 5.10. The van der Waals surface area contributed by atoms with Crippen molar-refractivity contribution in [2.45, 2.75) is 26.7 Å². The van der Waals surface area contributed by atoms with E-state index in [9.17, 15) is 4.79 Å². The number of amides is 1. The van der Waals surface area contributed by atoms with E-state index in [2.05, 4.69) is 34.2 Å². The number of carbonyl (C=O) groups is 1. The van der Waals surface area contributed by atoms with Gasteiger partial charge in [0.15, 0.2) is 0 Å². The molecule has 3 rings (SSSR count). The van der Waals surface area contributed by atoms with E-state index in [1.165, 1.54) is 0 Å². The van der Waals surface area contributed by atoms with Gasteiger partial charge >= 0.3 is 0 Å². The number of rotatable bonds is 7. The predicted octanol–water partition coefficient (Wildman–Crippen LogP) is 3.11. The maximum Gasteiger partial charge on any atom is 0.269 e. The van der Waals surface area contributed by atoms with E-state index >= 15 is 0 Å². The van der Waals surface area contributed by atoms with Crippen LogP contribution in [0.5, 0.6) is 0 Å². The molecule has 0 spiro atoms. The molecule has 0 radical (unpaired) electrons. The van der Waals surface area contributed by atoms with Crippen molar-refractivity contribution in [1.82, 2.24) is 25.1 Å². The SMILES string of the molecule is CC(C)Cc1cc(C(=O)NCCc2csc(-c3ccncc3)n2)n(C)n1. The highest BCUT2D eigenvalue weighted by Crippen LogP contribution is 2.22. The molecule has 1 amide bonds. The molecule has 0 unspecified atom stereocenters. The Bertz CT molecular complexity index is 869. The molecule has 136 valence electrons. The minimum Gasteiger partial charge on any atom is -0.350 e. The third kappa shape index (κ3) is 4.54. The Labute approximate surface area is 157 Å². The highest BCUT2D eigenvalue weighted by Gasteiger charge is 2.14. The fourth-order valence-electron chi connectivity index (χ4n) is 2.70. The van der Waals surface area contributed by atoms with Crippen LogP contribution in [0, 0.1) is 5.92 Å². The highest BCUT2D eigenvalue weighted by molar-refractivity contribution is 7.13. The van der Waals surface area contributed by atoms with Gasteiger partial charge in [0.2, 0.25) is 0 Å². The molecule has 0 bridgehead atoms. The molecule has 3 heterocycles. The highest BCUT2D eigenvalue weighted by atomic mass is 32.1. The minimum atomic E-state index is -0.0976. The van der Waals surface area contributed by atoms with Crippen LogP contribution in [0.3, 0.4) is 0 Å². The Morgan fingerprint density at radius 1 is 1.27 bits per heavy atom. The zero-order valence-corrected chi connectivity index (χ0v) is 16.1. The molecule has 1 N–H and O–H groups in total. The molecule has 6 nitrogen and oxygen atoms in total. The van der Waals surface area contributed by atoms with Crippen LogP contribution in [0.4, 0.5) is 0 Å². The number of hydrogen-bond acceptors (Lipinski definition) is 5. The molecule has 7 heteroatoms. The summed E-state index contributed by atoms with van der Waals surface area (Å²) in [7, 11) is 1.81. The number of carbonyl (C=O) groups excluding carboxylic acids is 1. The number of hydrogen-bond donors (Lipinski definition) is 1. The Morgan fingerprint density at radius 2 is 2.04 bits per heavy atom. The van der Waals surface area contributed by atoms with Crippen molar-refractivity contribution in [3.63, 3.8) is 0 Å². The third-order valence-corrected chi connectivity index (χ3v) is 4.87. The van der Waals surface area contributed by atoms with Crippen LogP contribution >= 0.6 is 11.3 Å². The van der Waals surface area contributed by atoms with E-state index in [4.69, 9.17) is 0 Å². The molecule has 0 aliphatic heterocycles. The summed E-state index contributed by atoms with van der Waals surface area (Å²) in [4.78, 5) is 21.0. The summed E-state index contributed by atoms with van der Waals surface area (Å²) in [6.45, 7) is 4.83. The maximum atomic E-state index is 12.4.